The van der Waals surface area contributed by atoms with E-state index >= 15 is 0 Å². The number of thiazole rings is 1. The molecule has 2 heterocycles. The Kier molecular flexibility index (Phi) is 3.44. The molecule has 0 spiro atoms. The average Bonchev–Trinajstić information content (AvgIpc) is 3.09. The lowest BCUT2D eigenvalue weighted by Crippen LogP contribution is -1.98. The van der Waals surface area contributed by atoms with Crippen molar-refractivity contribution in [3.05, 3.63) is 64.4 Å². The molecule has 0 unspecified atom stereocenters. The number of furan rings is 1. The molecule has 3 rings (SSSR count). The quantitative estimate of drug-likeness (QED) is 0.790. The Morgan fingerprint density at radius 3 is 2.79 bits per heavy atom. The van der Waals surface area contributed by atoms with Crippen LogP contribution in [0.25, 0.3) is 11.3 Å². The Labute approximate surface area is 115 Å². The summed E-state index contributed by atoms with van der Waals surface area (Å²) < 4.78 is 5.33. The molecule has 0 radical (unpaired) electrons. The van der Waals surface area contributed by atoms with Crippen LogP contribution < -0.4 is 5.73 Å². The van der Waals surface area contributed by atoms with E-state index in [0.717, 1.165) is 34.0 Å². The van der Waals surface area contributed by atoms with Gasteiger partial charge in [0.15, 0.2) is 0 Å². The Hall–Kier alpha value is -1.91. The minimum atomic E-state index is 0.430. The summed E-state index contributed by atoms with van der Waals surface area (Å²) in [7, 11) is 0. The standard InChI is InChI=1S/C15H14N2OS/c16-9-14-12(6-7-18-14)8-15-17-13(10-19-15)11-4-2-1-3-5-11/h1-7,10H,8-9,16H2. The van der Waals surface area contributed by atoms with Crippen LogP contribution in [0.1, 0.15) is 16.3 Å². The molecule has 0 amide bonds. The smallest absolute Gasteiger partial charge is 0.120 e. The molecule has 2 N–H and O–H groups in total. The third-order valence-corrected chi connectivity index (χ3v) is 3.83. The molecule has 2 aromatic heterocycles. The van der Waals surface area contributed by atoms with Gasteiger partial charge in [-0.2, -0.15) is 0 Å². The molecule has 0 fully saturated rings. The highest BCUT2D eigenvalue weighted by Gasteiger charge is 2.09. The minimum absolute atomic E-state index is 0.430. The molecule has 96 valence electrons. The maximum Gasteiger partial charge on any atom is 0.120 e. The van der Waals surface area contributed by atoms with Crippen LogP contribution in [0.3, 0.4) is 0 Å². The van der Waals surface area contributed by atoms with Crippen LogP contribution >= 0.6 is 11.3 Å². The van der Waals surface area contributed by atoms with Gasteiger partial charge in [-0.15, -0.1) is 11.3 Å². The van der Waals surface area contributed by atoms with Crippen LogP contribution in [0.5, 0.6) is 0 Å². The molecule has 0 aliphatic carbocycles. The van der Waals surface area contributed by atoms with Gasteiger partial charge in [0.2, 0.25) is 0 Å². The van der Waals surface area contributed by atoms with E-state index in [1.54, 1.807) is 17.6 Å². The first kappa shape index (κ1) is 12.1. The lowest BCUT2D eigenvalue weighted by atomic mass is 10.1. The summed E-state index contributed by atoms with van der Waals surface area (Å²) in [6.07, 6.45) is 2.46. The minimum Gasteiger partial charge on any atom is -0.468 e. The molecule has 3 nitrogen and oxygen atoms in total. The van der Waals surface area contributed by atoms with Gasteiger partial charge >= 0.3 is 0 Å². The molecular formula is C15H14N2OS. The fraction of sp³-hybridized carbons (Fsp3) is 0.133. The summed E-state index contributed by atoms with van der Waals surface area (Å²) in [6.45, 7) is 0.430. The van der Waals surface area contributed by atoms with Crippen LogP contribution in [-0.4, -0.2) is 4.98 Å². The van der Waals surface area contributed by atoms with E-state index in [0.29, 0.717) is 6.54 Å². The monoisotopic (exact) mass is 270 g/mol. The van der Waals surface area contributed by atoms with Crippen molar-refractivity contribution in [2.75, 3.05) is 0 Å². The highest BCUT2D eigenvalue weighted by Crippen LogP contribution is 2.24. The Morgan fingerprint density at radius 1 is 1.16 bits per heavy atom. The lowest BCUT2D eigenvalue weighted by molar-refractivity contribution is 0.508. The molecule has 1 aromatic carbocycles. The van der Waals surface area contributed by atoms with Gasteiger partial charge in [-0.1, -0.05) is 30.3 Å². The summed E-state index contributed by atoms with van der Waals surface area (Å²) in [5, 5.41) is 3.17. The second kappa shape index (κ2) is 5.38. The summed E-state index contributed by atoms with van der Waals surface area (Å²) >= 11 is 1.67. The van der Waals surface area contributed by atoms with Gasteiger partial charge in [-0.05, 0) is 6.07 Å². The zero-order valence-corrected chi connectivity index (χ0v) is 11.2. The fourth-order valence-electron chi connectivity index (χ4n) is 2.00. The summed E-state index contributed by atoms with van der Waals surface area (Å²) in [5.41, 5.74) is 8.93. The van der Waals surface area contributed by atoms with Crippen LogP contribution in [0, 0.1) is 0 Å². The highest BCUT2D eigenvalue weighted by molar-refractivity contribution is 7.10. The van der Waals surface area contributed by atoms with E-state index in [-0.39, 0.29) is 0 Å². The van der Waals surface area contributed by atoms with Crippen molar-refractivity contribution in [2.45, 2.75) is 13.0 Å². The van der Waals surface area contributed by atoms with Gasteiger partial charge in [-0.25, -0.2) is 4.98 Å². The number of nitrogens with zero attached hydrogens (tertiary/aromatic N) is 1. The molecule has 0 aliphatic rings. The Bertz CT molecular complexity index is 658. The fourth-order valence-corrected chi connectivity index (χ4v) is 2.83. The second-order valence-electron chi connectivity index (χ2n) is 4.24. The highest BCUT2D eigenvalue weighted by atomic mass is 32.1. The normalized spacial score (nSPS) is 10.8. The molecule has 0 aliphatic heterocycles. The molecule has 4 heteroatoms. The van der Waals surface area contributed by atoms with E-state index in [4.69, 9.17) is 10.2 Å². The third-order valence-electron chi connectivity index (χ3n) is 2.99. The van der Waals surface area contributed by atoms with Crippen molar-refractivity contribution in [1.29, 1.82) is 0 Å². The van der Waals surface area contributed by atoms with Crippen molar-refractivity contribution in [1.82, 2.24) is 4.98 Å². The number of rotatable bonds is 4. The Morgan fingerprint density at radius 2 is 2.00 bits per heavy atom. The van der Waals surface area contributed by atoms with Crippen molar-refractivity contribution in [2.24, 2.45) is 5.73 Å². The van der Waals surface area contributed by atoms with E-state index in [1.807, 2.05) is 24.3 Å². The van der Waals surface area contributed by atoms with E-state index in [9.17, 15) is 0 Å². The van der Waals surface area contributed by atoms with Crippen LogP contribution in [0.2, 0.25) is 0 Å². The topological polar surface area (TPSA) is 52.0 Å². The van der Waals surface area contributed by atoms with E-state index in [1.165, 1.54) is 0 Å². The van der Waals surface area contributed by atoms with Gasteiger partial charge < -0.3 is 10.2 Å². The first-order chi connectivity index (χ1) is 9.36. The third kappa shape index (κ3) is 2.59. The maximum atomic E-state index is 5.63. The first-order valence-electron chi connectivity index (χ1n) is 6.12. The Balaban J connectivity index is 1.82. The van der Waals surface area contributed by atoms with Crippen molar-refractivity contribution in [3.8, 4) is 11.3 Å². The maximum absolute atomic E-state index is 5.63. The van der Waals surface area contributed by atoms with Crippen molar-refractivity contribution < 1.29 is 4.42 Å². The van der Waals surface area contributed by atoms with Gasteiger partial charge in [-0.3, -0.25) is 0 Å². The predicted molar refractivity (Wildman–Crippen MR) is 77.0 cm³/mol. The van der Waals surface area contributed by atoms with Gasteiger partial charge in [0.1, 0.15) is 5.76 Å². The number of hydrogen-bond acceptors (Lipinski definition) is 4. The summed E-state index contributed by atoms with van der Waals surface area (Å²) in [5.74, 6) is 0.844. The largest absolute Gasteiger partial charge is 0.468 e. The molecular weight excluding hydrogens is 256 g/mol. The zero-order valence-electron chi connectivity index (χ0n) is 10.4. The molecule has 0 bridgehead atoms. The number of benzene rings is 1. The van der Waals surface area contributed by atoms with Gasteiger partial charge in [0, 0.05) is 22.9 Å². The van der Waals surface area contributed by atoms with Crippen molar-refractivity contribution >= 4 is 11.3 Å². The van der Waals surface area contributed by atoms with E-state index in [2.05, 4.69) is 22.5 Å². The van der Waals surface area contributed by atoms with E-state index < -0.39 is 0 Å². The SMILES string of the molecule is NCc1occc1Cc1nc(-c2ccccc2)cs1. The molecule has 19 heavy (non-hydrogen) atoms. The first-order valence-corrected chi connectivity index (χ1v) is 7.00. The van der Waals surface area contributed by atoms with Crippen molar-refractivity contribution in [3.63, 3.8) is 0 Å². The number of nitrogens with two attached hydrogens (primary N) is 1. The number of aromatic nitrogens is 1. The molecule has 0 atom stereocenters. The number of hydrogen-bond donors (Lipinski definition) is 1. The van der Waals surface area contributed by atoms with Crippen LogP contribution in [-0.2, 0) is 13.0 Å². The van der Waals surface area contributed by atoms with Gasteiger partial charge in [0.25, 0.3) is 0 Å². The van der Waals surface area contributed by atoms with Crippen LogP contribution in [0.4, 0.5) is 0 Å². The summed E-state index contributed by atoms with van der Waals surface area (Å²) in [4.78, 5) is 4.67. The lowest BCUT2D eigenvalue weighted by Gasteiger charge is -1.97. The molecule has 3 aromatic rings. The van der Waals surface area contributed by atoms with Gasteiger partial charge in [0.05, 0.1) is 23.5 Å². The molecule has 0 saturated heterocycles. The predicted octanol–water partition coefficient (Wildman–Crippen LogP) is 3.45. The average molecular weight is 270 g/mol. The second-order valence-corrected chi connectivity index (χ2v) is 5.19. The van der Waals surface area contributed by atoms with Crippen LogP contribution in [0.15, 0.2) is 52.5 Å². The zero-order chi connectivity index (χ0) is 13.1. The molecule has 0 saturated carbocycles. The summed E-state index contributed by atoms with van der Waals surface area (Å²) in [6, 6.07) is 12.2.